The SMILES string of the molecule is CNCCCNC(=O)C1Oc2ccccc2OC1C. The second-order valence-corrected chi connectivity index (χ2v) is 4.56. The molecule has 2 atom stereocenters. The Morgan fingerprint density at radius 2 is 1.89 bits per heavy atom. The fourth-order valence-electron chi connectivity index (χ4n) is 1.98. The fraction of sp³-hybridized carbons (Fsp3) is 0.500. The van der Waals surface area contributed by atoms with E-state index in [1.165, 1.54) is 0 Å². The van der Waals surface area contributed by atoms with E-state index in [0.717, 1.165) is 13.0 Å². The molecule has 2 unspecified atom stereocenters. The molecule has 0 spiro atoms. The van der Waals surface area contributed by atoms with Gasteiger partial charge in [-0.1, -0.05) is 12.1 Å². The lowest BCUT2D eigenvalue weighted by Crippen LogP contribution is -2.49. The molecule has 0 aliphatic carbocycles. The number of benzene rings is 1. The Morgan fingerprint density at radius 3 is 2.58 bits per heavy atom. The van der Waals surface area contributed by atoms with Crippen LogP contribution in [-0.2, 0) is 4.79 Å². The van der Waals surface area contributed by atoms with Crippen LogP contribution >= 0.6 is 0 Å². The smallest absolute Gasteiger partial charge is 0.265 e. The van der Waals surface area contributed by atoms with E-state index in [-0.39, 0.29) is 12.0 Å². The summed E-state index contributed by atoms with van der Waals surface area (Å²) in [5, 5.41) is 5.90. The number of amides is 1. The zero-order chi connectivity index (χ0) is 13.7. The van der Waals surface area contributed by atoms with Crippen LogP contribution in [0.15, 0.2) is 24.3 Å². The normalized spacial score (nSPS) is 20.9. The molecule has 2 N–H and O–H groups in total. The molecule has 0 bridgehead atoms. The highest BCUT2D eigenvalue weighted by atomic mass is 16.6. The summed E-state index contributed by atoms with van der Waals surface area (Å²) in [7, 11) is 1.89. The van der Waals surface area contributed by atoms with E-state index in [9.17, 15) is 4.79 Å². The maximum Gasteiger partial charge on any atom is 0.265 e. The summed E-state index contributed by atoms with van der Waals surface area (Å²) in [4.78, 5) is 12.0. The molecule has 0 fully saturated rings. The van der Waals surface area contributed by atoms with Crippen molar-refractivity contribution >= 4 is 5.91 Å². The Balaban J connectivity index is 1.92. The van der Waals surface area contributed by atoms with Gasteiger partial charge in [0.25, 0.3) is 5.91 Å². The molecule has 1 amide bonds. The van der Waals surface area contributed by atoms with Gasteiger partial charge in [0.15, 0.2) is 11.5 Å². The second kappa shape index (κ2) is 6.43. The molecule has 0 aromatic heterocycles. The van der Waals surface area contributed by atoms with E-state index < -0.39 is 6.10 Å². The number of para-hydroxylation sites is 2. The van der Waals surface area contributed by atoms with Gasteiger partial charge in [0.2, 0.25) is 6.10 Å². The number of carbonyl (C=O) groups is 1. The summed E-state index contributed by atoms with van der Waals surface area (Å²) in [5.41, 5.74) is 0. The van der Waals surface area contributed by atoms with Crippen LogP contribution in [0, 0.1) is 0 Å². The van der Waals surface area contributed by atoms with Gasteiger partial charge < -0.3 is 20.1 Å². The van der Waals surface area contributed by atoms with Gasteiger partial charge in [-0.2, -0.15) is 0 Å². The molecular formula is C14H20N2O3. The number of hydrogen-bond acceptors (Lipinski definition) is 4. The maximum atomic E-state index is 12.0. The van der Waals surface area contributed by atoms with Gasteiger partial charge in [-0.25, -0.2) is 0 Å². The van der Waals surface area contributed by atoms with Gasteiger partial charge in [-0.15, -0.1) is 0 Å². The largest absolute Gasteiger partial charge is 0.482 e. The number of rotatable bonds is 5. The van der Waals surface area contributed by atoms with Crippen molar-refractivity contribution in [3.8, 4) is 11.5 Å². The topological polar surface area (TPSA) is 59.6 Å². The summed E-state index contributed by atoms with van der Waals surface area (Å²) in [5.74, 6) is 1.18. The third-order valence-electron chi connectivity index (χ3n) is 3.00. The molecule has 5 nitrogen and oxygen atoms in total. The Hall–Kier alpha value is -1.75. The van der Waals surface area contributed by atoms with E-state index >= 15 is 0 Å². The number of carbonyl (C=O) groups excluding carboxylic acids is 1. The van der Waals surface area contributed by atoms with Crippen LogP contribution in [0.25, 0.3) is 0 Å². The average molecular weight is 264 g/mol. The Kier molecular flexibility index (Phi) is 4.63. The first-order chi connectivity index (χ1) is 9.22. The Bertz CT molecular complexity index is 436. The van der Waals surface area contributed by atoms with Gasteiger partial charge in [-0.05, 0) is 39.1 Å². The molecule has 5 heteroatoms. The van der Waals surface area contributed by atoms with E-state index in [1.54, 1.807) is 0 Å². The summed E-state index contributed by atoms with van der Waals surface area (Å²) in [6.07, 6.45) is 0.00419. The number of hydrogen-bond donors (Lipinski definition) is 2. The molecule has 1 aromatic rings. The maximum absolute atomic E-state index is 12.0. The summed E-state index contributed by atoms with van der Waals surface area (Å²) in [6, 6.07) is 7.39. The quantitative estimate of drug-likeness (QED) is 0.777. The van der Waals surface area contributed by atoms with Crippen LogP contribution in [0.1, 0.15) is 13.3 Å². The van der Waals surface area contributed by atoms with E-state index in [1.807, 2.05) is 38.2 Å². The molecule has 0 saturated heterocycles. The van der Waals surface area contributed by atoms with Gasteiger partial charge >= 0.3 is 0 Å². The van der Waals surface area contributed by atoms with Crippen molar-refractivity contribution in [1.29, 1.82) is 0 Å². The van der Waals surface area contributed by atoms with Crippen LogP contribution in [0.5, 0.6) is 11.5 Å². The minimum Gasteiger partial charge on any atom is -0.482 e. The molecule has 2 rings (SSSR count). The first kappa shape index (κ1) is 13.7. The lowest BCUT2D eigenvalue weighted by Gasteiger charge is -2.31. The first-order valence-corrected chi connectivity index (χ1v) is 6.57. The Labute approximate surface area is 113 Å². The van der Waals surface area contributed by atoms with Crippen molar-refractivity contribution in [2.24, 2.45) is 0 Å². The van der Waals surface area contributed by atoms with Gasteiger partial charge in [0.05, 0.1) is 0 Å². The molecule has 1 heterocycles. The van der Waals surface area contributed by atoms with Crippen molar-refractivity contribution in [2.75, 3.05) is 20.1 Å². The molecule has 1 aliphatic rings. The van der Waals surface area contributed by atoms with Crippen LogP contribution in [-0.4, -0.2) is 38.3 Å². The van der Waals surface area contributed by atoms with Gasteiger partial charge in [0, 0.05) is 6.54 Å². The highest BCUT2D eigenvalue weighted by Gasteiger charge is 2.33. The molecule has 0 radical (unpaired) electrons. The minimum atomic E-state index is -0.593. The highest BCUT2D eigenvalue weighted by Crippen LogP contribution is 2.33. The third-order valence-corrected chi connectivity index (χ3v) is 3.00. The van der Waals surface area contributed by atoms with Crippen LogP contribution in [0.2, 0.25) is 0 Å². The lowest BCUT2D eigenvalue weighted by atomic mass is 10.1. The summed E-state index contributed by atoms with van der Waals surface area (Å²) in [6.45, 7) is 3.35. The number of ether oxygens (including phenoxy) is 2. The molecule has 19 heavy (non-hydrogen) atoms. The van der Waals surface area contributed by atoms with E-state index in [0.29, 0.717) is 18.0 Å². The molecule has 1 aliphatic heterocycles. The minimum absolute atomic E-state index is 0.127. The molecule has 1 aromatic carbocycles. The zero-order valence-electron chi connectivity index (χ0n) is 11.3. The number of nitrogens with one attached hydrogen (secondary N) is 2. The molecular weight excluding hydrogens is 244 g/mol. The van der Waals surface area contributed by atoms with Crippen LogP contribution < -0.4 is 20.1 Å². The van der Waals surface area contributed by atoms with Crippen molar-refractivity contribution in [3.63, 3.8) is 0 Å². The van der Waals surface area contributed by atoms with Crippen LogP contribution in [0.4, 0.5) is 0 Å². The van der Waals surface area contributed by atoms with Gasteiger partial charge in [-0.3, -0.25) is 4.79 Å². The predicted molar refractivity (Wildman–Crippen MR) is 72.5 cm³/mol. The Morgan fingerprint density at radius 1 is 1.21 bits per heavy atom. The lowest BCUT2D eigenvalue weighted by molar-refractivity contribution is -0.133. The number of fused-ring (bicyclic) bond motifs is 1. The monoisotopic (exact) mass is 264 g/mol. The first-order valence-electron chi connectivity index (χ1n) is 6.57. The van der Waals surface area contributed by atoms with Crippen molar-refractivity contribution < 1.29 is 14.3 Å². The van der Waals surface area contributed by atoms with E-state index in [4.69, 9.17) is 9.47 Å². The highest BCUT2D eigenvalue weighted by molar-refractivity contribution is 5.82. The third kappa shape index (κ3) is 3.38. The van der Waals surface area contributed by atoms with E-state index in [2.05, 4.69) is 10.6 Å². The predicted octanol–water partition coefficient (Wildman–Crippen LogP) is 0.941. The fourth-order valence-corrected chi connectivity index (χ4v) is 1.98. The van der Waals surface area contributed by atoms with Crippen molar-refractivity contribution in [2.45, 2.75) is 25.6 Å². The zero-order valence-corrected chi connectivity index (χ0v) is 11.3. The summed E-state index contributed by atoms with van der Waals surface area (Å²) >= 11 is 0. The standard InChI is InChI=1S/C14H20N2O3/c1-10-13(14(17)16-9-5-8-15-2)19-12-7-4-3-6-11(12)18-10/h3-4,6-7,10,13,15H,5,8-9H2,1-2H3,(H,16,17). The molecule has 104 valence electrons. The average Bonchev–Trinajstić information content (AvgIpc) is 2.42. The molecule has 0 saturated carbocycles. The van der Waals surface area contributed by atoms with Crippen LogP contribution in [0.3, 0.4) is 0 Å². The summed E-state index contributed by atoms with van der Waals surface area (Å²) < 4.78 is 11.4. The van der Waals surface area contributed by atoms with Crippen molar-refractivity contribution in [3.05, 3.63) is 24.3 Å². The van der Waals surface area contributed by atoms with Crippen molar-refractivity contribution in [1.82, 2.24) is 10.6 Å². The second-order valence-electron chi connectivity index (χ2n) is 4.56. The van der Waals surface area contributed by atoms with Gasteiger partial charge in [0.1, 0.15) is 6.10 Å².